The van der Waals surface area contributed by atoms with Crippen LogP contribution < -0.4 is 4.90 Å². The predicted molar refractivity (Wildman–Crippen MR) is 172 cm³/mol. The summed E-state index contributed by atoms with van der Waals surface area (Å²) in [6.07, 6.45) is 3.32. The zero-order valence-corrected chi connectivity index (χ0v) is 25.7. The van der Waals surface area contributed by atoms with E-state index in [0.717, 1.165) is 66.4 Å². The summed E-state index contributed by atoms with van der Waals surface area (Å²) in [7, 11) is 0. The summed E-state index contributed by atoms with van der Waals surface area (Å²) in [4.78, 5) is 35.3. The highest BCUT2D eigenvalue weighted by atomic mass is 32.2. The molecule has 0 aromatic heterocycles. The van der Waals surface area contributed by atoms with Crippen molar-refractivity contribution in [2.45, 2.75) is 58.0 Å². The largest absolute Gasteiger partial charge is 0.302 e. The molecule has 1 aliphatic heterocycles. The average molecular weight is 570 g/mol. The maximum Gasteiger partial charge on any atom is 0.265 e. The van der Waals surface area contributed by atoms with E-state index >= 15 is 0 Å². The molecule has 0 N–H and O–H groups in total. The number of benzene rings is 3. The summed E-state index contributed by atoms with van der Waals surface area (Å²) in [5.41, 5.74) is 3.67. The second-order valence-corrected chi connectivity index (χ2v) is 11.5. The van der Waals surface area contributed by atoms with Crippen LogP contribution in [0.4, 0.5) is 5.69 Å². The average Bonchev–Trinajstić information content (AvgIpc) is 3.01. The van der Waals surface area contributed by atoms with Crippen LogP contribution in [-0.4, -0.2) is 60.3 Å². The van der Waals surface area contributed by atoms with Crippen molar-refractivity contribution >= 4 is 35.2 Å². The standard InChI is InChI=1S/C35H43N3O2S/c1-5-36(6-2)26-30(37(7-3)8-4)22-23-32(39)29-20-18-27(19-21-29)24-34-35(40)38(25-28-14-10-9-11-15-28)31-16-12-13-17-33(31)41-34/h9-21,24,30H,5-8,22-23,25-26H2,1-4H3/b34-24-. The van der Waals surface area contributed by atoms with Crippen molar-refractivity contribution in [3.8, 4) is 0 Å². The van der Waals surface area contributed by atoms with Gasteiger partial charge in [0.15, 0.2) is 5.78 Å². The number of rotatable bonds is 14. The Balaban J connectivity index is 1.46. The topological polar surface area (TPSA) is 43.9 Å². The number of ketones is 1. The van der Waals surface area contributed by atoms with Crippen LogP contribution in [0.25, 0.3) is 6.08 Å². The van der Waals surface area contributed by atoms with Gasteiger partial charge in [0.1, 0.15) is 0 Å². The van der Waals surface area contributed by atoms with Crippen molar-refractivity contribution in [1.29, 1.82) is 0 Å². The molecule has 3 aromatic carbocycles. The van der Waals surface area contributed by atoms with Crippen LogP contribution in [0.3, 0.4) is 0 Å². The molecule has 0 bridgehead atoms. The molecule has 0 fully saturated rings. The van der Waals surface area contributed by atoms with Crippen molar-refractivity contribution in [2.24, 2.45) is 0 Å². The third-order valence-corrected chi connectivity index (χ3v) is 9.02. The number of nitrogens with zero attached hydrogens (tertiary/aromatic N) is 3. The number of amides is 1. The molecule has 4 rings (SSSR count). The Morgan fingerprint density at radius 2 is 1.51 bits per heavy atom. The summed E-state index contributed by atoms with van der Waals surface area (Å²) >= 11 is 1.51. The van der Waals surface area contributed by atoms with E-state index in [1.54, 1.807) is 0 Å². The molecule has 0 aliphatic carbocycles. The molecule has 3 aromatic rings. The van der Waals surface area contributed by atoms with E-state index in [1.807, 2.05) is 83.8 Å². The zero-order chi connectivity index (χ0) is 29.2. The van der Waals surface area contributed by atoms with Gasteiger partial charge < -0.3 is 9.80 Å². The minimum Gasteiger partial charge on any atom is -0.302 e. The fourth-order valence-corrected chi connectivity index (χ4v) is 6.51. The molecule has 5 nitrogen and oxygen atoms in total. The summed E-state index contributed by atoms with van der Waals surface area (Å²) < 4.78 is 0. The van der Waals surface area contributed by atoms with Crippen LogP contribution in [0.2, 0.25) is 0 Å². The van der Waals surface area contributed by atoms with Crippen LogP contribution in [0.1, 0.15) is 62.0 Å². The number of fused-ring (bicyclic) bond motifs is 1. The highest BCUT2D eigenvalue weighted by Gasteiger charge is 2.29. The molecule has 0 saturated carbocycles. The van der Waals surface area contributed by atoms with E-state index < -0.39 is 0 Å². The molecular weight excluding hydrogens is 526 g/mol. The molecular formula is C35H43N3O2S. The lowest BCUT2D eigenvalue weighted by Gasteiger charge is -2.33. The highest BCUT2D eigenvalue weighted by Crippen LogP contribution is 2.42. The molecule has 0 radical (unpaired) electrons. The summed E-state index contributed by atoms with van der Waals surface area (Å²) in [6, 6.07) is 26.2. The lowest BCUT2D eigenvalue weighted by Crippen LogP contribution is -2.44. The predicted octanol–water partition coefficient (Wildman–Crippen LogP) is 7.38. The van der Waals surface area contributed by atoms with Crippen LogP contribution in [-0.2, 0) is 11.3 Å². The first-order valence-electron chi connectivity index (χ1n) is 14.9. The Morgan fingerprint density at radius 3 is 2.17 bits per heavy atom. The molecule has 0 saturated heterocycles. The van der Waals surface area contributed by atoms with Crippen LogP contribution >= 0.6 is 11.8 Å². The number of hydrogen-bond donors (Lipinski definition) is 0. The molecule has 0 spiro atoms. The van der Waals surface area contributed by atoms with Crippen molar-refractivity contribution < 1.29 is 9.59 Å². The molecule has 1 atom stereocenters. The number of anilines is 1. The fourth-order valence-electron chi connectivity index (χ4n) is 5.45. The number of Topliss-reactive ketones (excluding diaryl/α,β-unsaturated/α-hetero) is 1. The van der Waals surface area contributed by atoms with E-state index in [1.165, 1.54) is 11.8 Å². The van der Waals surface area contributed by atoms with Gasteiger partial charge in [-0.2, -0.15) is 0 Å². The molecule has 1 aliphatic rings. The Hall–Kier alpha value is -3.19. The monoisotopic (exact) mass is 569 g/mol. The maximum atomic E-state index is 13.6. The minimum atomic E-state index is -0.00615. The number of para-hydroxylation sites is 1. The quantitative estimate of drug-likeness (QED) is 0.150. The molecule has 1 amide bonds. The van der Waals surface area contributed by atoms with Crippen molar-refractivity contribution in [1.82, 2.24) is 9.80 Å². The number of hydrogen-bond acceptors (Lipinski definition) is 5. The van der Waals surface area contributed by atoms with E-state index in [4.69, 9.17) is 0 Å². The minimum absolute atomic E-state index is 0.00615. The number of likely N-dealkylation sites (N-methyl/N-ethyl adjacent to an activating group) is 2. The maximum absolute atomic E-state index is 13.6. The third-order valence-electron chi connectivity index (χ3n) is 7.94. The van der Waals surface area contributed by atoms with Gasteiger partial charge in [-0.1, -0.05) is 106 Å². The van der Waals surface area contributed by atoms with Gasteiger partial charge in [-0.3, -0.25) is 14.5 Å². The van der Waals surface area contributed by atoms with E-state index in [-0.39, 0.29) is 11.7 Å². The molecule has 1 unspecified atom stereocenters. The summed E-state index contributed by atoms with van der Waals surface area (Å²) in [5, 5.41) is 0. The van der Waals surface area contributed by atoms with Gasteiger partial charge in [-0.05, 0) is 61.9 Å². The lowest BCUT2D eigenvalue weighted by atomic mass is 10.0. The van der Waals surface area contributed by atoms with Gasteiger partial charge in [-0.15, -0.1) is 0 Å². The van der Waals surface area contributed by atoms with Crippen molar-refractivity contribution in [3.63, 3.8) is 0 Å². The first kappa shape index (κ1) is 30.8. The molecule has 216 valence electrons. The van der Waals surface area contributed by atoms with Gasteiger partial charge in [0.25, 0.3) is 5.91 Å². The Labute approximate surface area is 250 Å². The second-order valence-electron chi connectivity index (χ2n) is 10.4. The first-order valence-corrected chi connectivity index (χ1v) is 15.7. The van der Waals surface area contributed by atoms with Gasteiger partial charge in [-0.25, -0.2) is 0 Å². The SMILES string of the molecule is CCN(CC)CC(CCC(=O)c1ccc(/C=C2\Sc3ccccc3N(Cc3ccccc3)C2=O)cc1)N(CC)CC. The van der Waals surface area contributed by atoms with Crippen molar-refractivity contribution in [2.75, 3.05) is 37.6 Å². The first-order chi connectivity index (χ1) is 20.0. The number of carbonyl (C=O) groups is 2. The van der Waals surface area contributed by atoms with Crippen LogP contribution in [0, 0.1) is 0 Å². The van der Waals surface area contributed by atoms with Gasteiger partial charge in [0.05, 0.1) is 17.1 Å². The summed E-state index contributed by atoms with van der Waals surface area (Å²) in [5.74, 6) is 0.167. The molecule has 1 heterocycles. The van der Waals surface area contributed by atoms with Crippen molar-refractivity contribution in [3.05, 3.63) is 100 Å². The normalized spacial score (nSPS) is 15.0. The zero-order valence-electron chi connectivity index (χ0n) is 24.9. The van der Waals surface area contributed by atoms with Crippen LogP contribution in [0.5, 0.6) is 0 Å². The van der Waals surface area contributed by atoms with E-state index in [2.05, 4.69) is 43.6 Å². The number of thioether (sulfide) groups is 1. The van der Waals surface area contributed by atoms with Gasteiger partial charge >= 0.3 is 0 Å². The smallest absolute Gasteiger partial charge is 0.265 e. The van der Waals surface area contributed by atoms with E-state index in [0.29, 0.717) is 23.9 Å². The molecule has 6 heteroatoms. The fraction of sp³-hybridized carbons (Fsp3) is 0.371. The Morgan fingerprint density at radius 1 is 0.854 bits per heavy atom. The second kappa shape index (κ2) is 15.2. The van der Waals surface area contributed by atoms with Crippen LogP contribution in [0.15, 0.2) is 88.7 Å². The highest BCUT2D eigenvalue weighted by molar-refractivity contribution is 8.04. The van der Waals surface area contributed by atoms with Gasteiger partial charge in [0.2, 0.25) is 0 Å². The Kier molecular flexibility index (Phi) is 11.4. The Bertz CT molecular complexity index is 1310. The molecule has 41 heavy (non-hydrogen) atoms. The van der Waals surface area contributed by atoms with E-state index in [9.17, 15) is 9.59 Å². The van der Waals surface area contributed by atoms with Gasteiger partial charge in [0, 0.05) is 29.5 Å². The number of carbonyl (C=O) groups excluding carboxylic acids is 2. The third kappa shape index (κ3) is 7.97. The lowest BCUT2D eigenvalue weighted by molar-refractivity contribution is -0.114. The summed E-state index contributed by atoms with van der Waals surface area (Å²) in [6.45, 7) is 14.3.